The van der Waals surface area contributed by atoms with Crippen molar-refractivity contribution in [2.24, 2.45) is 0 Å². The van der Waals surface area contributed by atoms with Gasteiger partial charge in [-0.3, -0.25) is 19.6 Å². The molecule has 5 saturated heterocycles. The number of quaternary nitrogens is 4. The van der Waals surface area contributed by atoms with E-state index in [1.54, 1.807) is 221 Å². The molecule has 17 aliphatic rings. The molecule has 5 heterocycles. The number of ether oxygens (including phenoxy) is 1. The highest BCUT2D eigenvalue weighted by atomic mass is 127. The summed E-state index contributed by atoms with van der Waals surface area (Å²) in [7, 11) is 30.5. The molecule has 12 aliphatic carbocycles. The van der Waals surface area contributed by atoms with Gasteiger partial charge in [0.15, 0.2) is 11.2 Å². The Morgan fingerprint density at radius 1 is 0.238 bits per heavy atom. The van der Waals surface area contributed by atoms with E-state index in [4.69, 9.17) is 0 Å². The zero-order valence-corrected chi connectivity index (χ0v) is 69.9. The topological polar surface area (TPSA) is 25.5 Å². The Balaban J connectivity index is 0.00000140. The number of benzene rings is 14. The Morgan fingerprint density at radius 3 is 0.848 bits per heavy atom. The highest BCUT2D eigenvalue weighted by Gasteiger charge is 2.97. The van der Waals surface area contributed by atoms with Crippen LogP contribution in [0.5, 0.6) is 0 Å². The molecule has 105 heavy (non-hydrogen) atoms. The van der Waals surface area contributed by atoms with Crippen molar-refractivity contribution >= 4 is 205 Å². The van der Waals surface area contributed by atoms with Crippen molar-refractivity contribution in [1.82, 2.24) is 19.6 Å². The zero-order chi connectivity index (χ0) is 64.8. The zero-order valence-electron chi connectivity index (χ0n) is 61.3. The van der Waals surface area contributed by atoms with Gasteiger partial charge in [-0.05, 0) is 260 Å². The summed E-state index contributed by atoms with van der Waals surface area (Å²) in [5.41, 5.74) is 22.5. The van der Waals surface area contributed by atoms with E-state index in [1.807, 2.05) is 61.2 Å². The van der Waals surface area contributed by atoms with Crippen molar-refractivity contribution in [1.29, 1.82) is 0 Å². The summed E-state index contributed by atoms with van der Waals surface area (Å²) in [5.74, 6) is 0.497. The molecule has 13 heteroatoms. The van der Waals surface area contributed by atoms with Gasteiger partial charge in [-0.25, -0.2) is 0 Å². The lowest BCUT2D eigenvalue weighted by molar-refractivity contribution is -0.897. The van der Waals surface area contributed by atoms with Crippen LogP contribution in [0.15, 0.2) is 22.3 Å². The van der Waals surface area contributed by atoms with Crippen LogP contribution < -0.4 is 95.9 Å². The van der Waals surface area contributed by atoms with Gasteiger partial charge in [0.25, 0.3) is 0 Å². The van der Waals surface area contributed by atoms with Gasteiger partial charge in [0.1, 0.15) is 0 Å². The van der Waals surface area contributed by atoms with Gasteiger partial charge in [-0.1, -0.05) is 0 Å². The minimum Gasteiger partial charge on any atom is -1.00 e. The molecule has 0 aromatic heterocycles. The van der Waals surface area contributed by atoms with Crippen LogP contribution >= 0.6 is 0 Å². The van der Waals surface area contributed by atoms with Gasteiger partial charge in [0, 0.05) is 138 Å². The lowest BCUT2D eigenvalue weighted by Gasteiger charge is -2.66. The Kier molecular flexibility index (Phi) is 8.01. The van der Waals surface area contributed by atoms with E-state index in [9.17, 15) is 4.74 Å². The van der Waals surface area contributed by atoms with Crippen LogP contribution in [0.3, 0.4) is 0 Å². The second kappa shape index (κ2) is 14.5. The summed E-state index contributed by atoms with van der Waals surface area (Å²) in [6.07, 6.45) is 9.86. The van der Waals surface area contributed by atoms with E-state index in [0.717, 1.165) is 70.3 Å². The molecule has 0 radical (unpaired) electrons. The molecule has 9 nitrogen and oxygen atoms in total. The van der Waals surface area contributed by atoms with E-state index in [0.29, 0.717) is 24.2 Å². The van der Waals surface area contributed by atoms with Crippen molar-refractivity contribution in [3.63, 3.8) is 0 Å². The summed E-state index contributed by atoms with van der Waals surface area (Å²) >= 11 is 0. The average Bonchev–Trinajstić information content (AvgIpc) is 1.35. The molecule has 20 aromatic rings. The summed E-state index contributed by atoms with van der Waals surface area (Å²) in [6.45, 7) is 9.05. The number of rotatable bonds is 8. The Hall–Kier alpha value is -4.20. The highest BCUT2D eigenvalue weighted by molar-refractivity contribution is 6.76. The van der Waals surface area contributed by atoms with Gasteiger partial charge in [-0.2, -0.15) is 0 Å². The second-order valence-corrected chi connectivity index (χ2v) is 42.3. The maximum atomic E-state index is 9.63. The van der Waals surface area contributed by atoms with Crippen LogP contribution in [0.25, 0.3) is 205 Å². The number of piperidine rings is 4. The molecule has 8 unspecified atom stereocenters. The van der Waals surface area contributed by atoms with Crippen molar-refractivity contribution < 1.29 is 119 Å². The first-order valence-electron chi connectivity index (χ1n) is 40.2. The smallest absolute Gasteiger partial charge is 0.159 e. The monoisotopic (exact) mass is 1810 g/mol. The molecule has 516 valence electrons. The Labute approximate surface area is 671 Å². The minimum absolute atomic E-state index is 0. The fourth-order valence-corrected chi connectivity index (χ4v) is 35.5. The SMILES string of the molecule is C[N+](C)(C)C1CCN(C23C4=C5C6(N7CCC([N+](C)(C)C)CC7)c7c2c2c8c3c3c9c%10c%11c%12c%13c%14c%15c%16c%17c%18c(c6c6c7c7c2c2c%19c8c9c8c%11c9c%12c%11c%14c%17c%12c%14c%18c6c6c7c2c2c(c8%19)c9c(c%11%12)c2c%146)C%162OC52C2=C4C3(N3CCC([N+](C)(C)C)CC3)C%10C%13C2%15N2CCC([N+](C)(C)C)CC2)CC1.[I-].[I-].[I-].[I-]. The first-order valence-corrected chi connectivity index (χ1v) is 40.2. The molecule has 0 N–H and O–H groups in total. The van der Waals surface area contributed by atoms with Gasteiger partial charge in [0.05, 0.1) is 131 Å². The molecule has 2 spiro atoms. The maximum absolute atomic E-state index is 9.63. The number of epoxide rings is 1. The van der Waals surface area contributed by atoms with Crippen molar-refractivity contribution in [3.8, 4) is 0 Å². The lowest BCUT2D eigenvalue weighted by Crippen LogP contribution is -3.00. The van der Waals surface area contributed by atoms with E-state index < -0.39 is 33.4 Å². The van der Waals surface area contributed by atoms with Gasteiger partial charge in [-0.15, -0.1) is 0 Å². The normalized spacial score (nSPS) is 32.8. The molecular formula is C92H74I4N8O. The molecule has 5 aliphatic heterocycles. The van der Waals surface area contributed by atoms with Crippen LogP contribution in [-0.2, 0) is 32.5 Å². The Morgan fingerprint density at radius 2 is 0.486 bits per heavy atom. The van der Waals surface area contributed by atoms with Crippen LogP contribution in [-0.4, -0.2) is 204 Å². The predicted octanol–water partition coefficient (Wildman–Crippen LogP) is 3.44. The van der Waals surface area contributed by atoms with Crippen molar-refractivity contribution in [2.45, 2.75) is 121 Å². The second-order valence-electron chi connectivity index (χ2n) is 42.3. The largest absolute Gasteiger partial charge is 1.00 e. The first kappa shape index (κ1) is 57.8. The number of hydrogen-bond acceptors (Lipinski definition) is 5. The Bertz CT molecular complexity index is 7880. The molecule has 5 fully saturated rings. The third kappa shape index (κ3) is 4.06. The number of likely N-dealkylation sites (tertiary alicyclic amines) is 4. The third-order valence-electron chi connectivity index (χ3n) is 37.5. The van der Waals surface area contributed by atoms with Gasteiger partial charge in [0.2, 0.25) is 0 Å². The molecule has 20 aromatic carbocycles. The van der Waals surface area contributed by atoms with Crippen molar-refractivity contribution in [3.05, 3.63) is 77.9 Å². The van der Waals surface area contributed by atoms with Crippen LogP contribution in [0.1, 0.15) is 119 Å². The van der Waals surface area contributed by atoms with Gasteiger partial charge >= 0.3 is 0 Å². The van der Waals surface area contributed by atoms with Crippen LogP contribution in [0, 0.1) is 0 Å². The summed E-state index contributed by atoms with van der Waals surface area (Å²) in [4.78, 5) is 13.6. The predicted molar refractivity (Wildman–Crippen MR) is 409 cm³/mol. The number of nitrogens with zero attached hydrogens (tertiary/aromatic N) is 8. The molecule has 37 rings (SSSR count). The fraction of sp³-hybridized carbons (Fsp3) is 0.435. The van der Waals surface area contributed by atoms with E-state index in [2.05, 4.69) is 104 Å². The standard InChI is InChI=1S/C92H74N8O.4HI/c1-97(2,3)29-13-21-93(22-14-29)87-73-63-53-43-38-33-34-36-37-35(33)40-46-44(38)54(53)64-66-56(46)58-48(40)50-42(37)52-51-41(36)49-47-39(34)45(43)55-57(47)67-69-59(49)61(51)71-72-62(52)60(50)70-68(58)78-76(66)88(74(64)73,94-23-15-30(16-24-94)98(4,5)6)84-83(87)85-89(77(67)75(87)65(55)63,95-25-17-31(18-26-95)99(7,8)9)79(69)81(71)91-82(72)80(70)90(78,86(84)92(85,91)101-91)96-27-19-32(20-28-96)100(10,11)12;;;;/h29-32,75,77H,13-28H2,1-12H3;4*1H/q+4;;;;/p-4. The number of hydrogen-bond donors (Lipinski definition) is 0. The molecule has 8 atom stereocenters. The van der Waals surface area contributed by atoms with Crippen LogP contribution in [0.2, 0.25) is 0 Å². The number of halogens is 4. The molecule has 0 bridgehead atoms. The average molecular weight is 1820 g/mol. The molecular weight excluding hydrogens is 1740 g/mol. The van der Waals surface area contributed by atoms with Crippen LogP contribution in [0.4, 0.5) is 0 Å². The van der Waals surface area contributed by atoms with E-state index in [-0.39, 0.29) is 108 Å². The maximum Gasteiger partial charge on any atom is 0.159 e. The summed E-state index contributed by atoms with van der Waals surface area (Å²) in [5, 5.41) is 65.4. The highest BCUT2D eigenvalue weighted by Crippen LogP contribution is 2.98. The molecule has 0 amide bonds. The van der Waals surface area contributed by atoms with Gasteiger partial charge < -0.3 is 119 Å². The van der Waals surface area contributed by atoms with Crippen molar-refractivity contribution in [2.75, 3.05) is 137 Å². The molecule has 0 saturated carbocycles. The lowest BCUT2D eigenvalue weighted by atomic mass is 9.46. The van der Waals surface area contributed by atoms with E-state index >= 15 is 0 Å². The summed E-state index contributed by atoms with van der Waals surface area (Å²) < 4.78 is 13.8. The van der Waals surface area contributed by atoms with E-state index in [1.165, 1.54) is 51.4 Å². The summed E-state index contributed by atoms with van der Waals surface area (Å²) in [6, 6.07) is 2.46. The fourth-order valence-electron chi connectivity index (χ4n) is 35.5. The first-order chi connectivity index (χ1) is 48.8. The third-order valence-corrected chi connectivity index (χ3v) is 37.5. The quantitative estimate of drug-likeness (QED) is 0.101. The minimum atomic E-state index is -0.657.